The van der Waals surface area contributed by atoms with Crippen LogP contribution < -0.4 is 15.4 Å². The summed E-state index contributed by atoms with van der Waals surface area (Å²) in [6, 6.07) is 8.20. The molecule has 208 valence electrons. The first-order chi connectivity index (χ1) is 17.8. The number of ether oxygens (including phenoxy) is 2. The number of carbonyl (C=O) groups excluding carboxylic acids is 1. The Kier molecular flexibility index (Phi) is 8.08. The number of aromatic nitrogens is 1. The summed E-state index contributed by atoms with van der Waals surface area (Å²) in [4.78, 5) is 19.9. The van der Waals surface area contributed by atoms with Crippen molar-refractivity contribution in [3.8, 4) is 17.0 Å². The fraction of sp³-hybridized carbons (Fsp3) is 0.556. The Labute approximate surface area is 220 Å². The summed E-state index contributed by atoms with van der Waals surface area (Å²) in [5, 5.41) is 9.76. The van der Waals surface area contributed by atoms with Gasteiger partial charge in [-0.05, 0) is 49.9 Å². The first kappa shape index (κ1) is 28.0. The molecule has 0 spiro atoms. The summed E-state index contributed by atoms with van der Waals surface area (Å²) in [7, 11) is 0. The van der Waals surface area contributed by atoms with Crippen LogP contribution in [0, 0.1) is 6.92 Å². The smallest absolute Gasteiger partial charge is 0.390 e. The first-order valence-electron chi connectivity index (χ1n) is 12.8. The van der Waals surface area contributed by atoms with E-state index in [0.717, 1.165) is 5.56 Å². The molecule has 1 aromatic heterocycles. The Morgan fingerprint density at radius 3 is 2.71 bits per heavy atom. The largest absolute Gasteiger partial charge is 0.475 e. The van der Waals surface area contributed by atoms with Crippen LogP contribution in [0.5, 0.6) is 5.88 Å². The number of nitrogens with two attached hydrogens (primary N) is 1. The van der Waals surface area contributed by atoms with Gasteiger partial charge in [-0.15, -0.1) is 0 Å². The van der Waals surface area contributed by atoms with Crippen molar-refractivity contribution in [2.24, 2.45) is 5.73 Å². The van der Waals surface area contributed by atoms with Gasteiger partial charge in [-0.2, -0.15) is 18.2 Å². The van der Waals surface area contributed by atoms with E-state index in [1.54, 1.807) is 25.1 Å². The molecule has 2 saturated heterocycles. The number of likely N-dealkylation sites (tertiary alicyclic amines) is 1. The molecule has 11 heteroatoms. The molecule has 3 N–H and O–H groups in total. The Bertz CT molecular complexity index is 1160. The molecule has 2 aliphatic heterocycles. The lowest BCUT2D eigenvalue weighted by atomic mass is 9.73. The highest BCUT2D eigenvalue weighted by Gasteiger charge is 2.49. The second-order valence-corrected chi connectivity index (χ2v) is 10.5. The maximum Gasteiger partial charge on any atom is 0.390 e. The van der Waals surface area contributed by atoms with Gasteiger partial charge in [0.15, 0.2) is 0 Å². The highest BCUT2D eigenvalue weighted by molar-refractivity contribution is 5.75. The van der Waals surface area contributed by atoms with E-state index < -0.39 is 30.1 Å². The molecule has 2 aromatic rings. The fourth-order valence-corrected chi connectivity index (χ4v) is 5.38. The maximum absolute atomic E-state index is 14.0. The molecule has 0 radical (unpaired) electrons. The molecule has 2 fully saturated rings. The van der Waals surface area contributed by atoms with Crippen molar-refractivity contribution in [1.82, 2.24) is 9.88 Å². The Morgan fingerprint density at radius 1 is 1.32 bits per heavy atom. The Balaban J connectivity index is 1.85. The number of halogens is 3. The van der Waals surface area contributed by atoms with Crippen LogP contribution in [0.4, 0.5) is 23.8 Å². The highest BCUT2D eigenvalue weighted by atomic mass is 19.4. The summed E-state index contributed by atoms with van der Waals surface area (Å²) in [5.74, 6) is 0.876. The molecular weight excluding hydrogens is 501 g/mol. The van der Waals surface area contributed by atoms with E-state index in [1.807, 2.05) is 26.0 Å². The number of primary amides is 1. The zero-order valence-corrected chi connectivity index (χ0v) is 21.9. The number of aliphatic hydroxyl groups excluding tert-OH is 1. The quantitative estimate of drug-likeness (QED) is 0.555. The van der Waals surface area contributed by atoms with E-state index in [2.05, 4.69) is 9.88 Å². The number of urea groups is 1. The zero-order valence-electron chi connectivity index (χ0n) is 21.9. The van der Waals surface area contributed by atoms with Crippen LogP contribution in [0.2, 0.25) is 0 Å². The Morgan fingerprint density at radius 2 is 2.08 bits per heavy atom. The summed E-state index contributed by atoms with van der Waals surface area (Å²) in [6.07, 6.45) is -6.14. The van der Waals surface area contributed by atoms with Crippen molar-refractivity contribution in [2.45, 2.75) is 57.4 Å². The van der Waals surface area contributed by atoms with Crippen molar-refractivity contribution in [3.63, 3.8) is 0 Å². The zero-order chi connectivity index (χ0) is 27.7. The number of aliphatic hydroxyl groups is 1. The second-order valence-electron chi connectivity index (χ2n) is 10.5. The van der Waals surface area contributed by atoms with Gasteiger partial charge in [0.2, 0.25) is 5.88 Å². The van der Waals surface area contributed by atoms with E-state index >= 15 is 0 Å². The molecule has 0 bridgehead atoms. The van der Waals surface area contributed by atoms with Gasteiger partial charge < -0.3 is 30.1 Å². The van der Waals surface area contributed by atoms with Crippen LogP contribution >= 0.6 is 0 Å². The lowest BCUT2D eigenvalue weighted by Crippen LogP contribution is -2.41. The van der Waals surface area contributed by atoms with Crippen LogP contribution in [0.25, 0.3) is 11.1 Å². The molecule has 0 aliphatic carbocycles. The van der Waals surface area contributed by atoms with Crippen molar-refractivity contribution >= 4 is 11.8 Å². The normalized spacial score (nSPS) is 23.0. The van der Waals surface area contributed by atoms with E-state index in [4.69, 9.17) is 15.2 Å². The lowest BCUT2D eigenvalue weighted by molar-refractivity contribution is -0.147. The molecule has 38 heavy (non-hydrogen) atoms. The summed E-state index contributed by atoms with van der Waals surface area (Å²) in [6.45, 7) is 7.19. The van der Waals surface area contributed by atoms with Crippen LogP contribution in [-0.2, 0) is 10.2 Å². The third-order valence-electron chi connectivity index (χ3n) is 7.09. The van der Waals surface area contributed by atoms with Crippen molar-refractivity contribution in [2.75, 3.05) is 44.3 Å². The molecule has 1 unspecified atom stereocenters. The summed E-state index contributed by atoms with van der Waals surface area (Å²) in [5.41, 5.74) is 6.75. The van der Waals surface area contributed by atoms with Crippen molar-refractivity contribution < 1.29 is 32.5 Å². The van der Waals surface area contributed by atoms with Crippen LogP contribution in [0.3, 0.4) is 0 Å². The molecule has 2 amide bonds. The second kappa shape index (κ2) is 11.0. The highest BCUT2D eigenvalue weighted by Crippen LogP contribution is 2.47. The number of anilines is 1. The van der Waals surface area contributed by atoms with Crippen molar-refractivity contribution in [3.05, 3.63) is 41.5 Å². The third-order valence-corrected chi connectivity index (χ3v) is 7.09. The van der Waals surface area contributed by atoms with Gasteiger partial charge in [-0.3, -0.25) is 0 Å². The van der Waals surface area contributed by atoms with Gasteiger partial charge in [-0.1, -0.05) is 23.8 Å². The Hall–Kier alpha value is -3.05. The molecule has 4 rings (SSSR count). The lowest BCUT2D eigenvalue weighted by Gasteiger charge is -2.34. The third kappa shape index (κ3) is 6.50. The minimum atomic E-state index is -4.45. The van der Waals surface area contributed by atoms with Gasteiger partial charge in [0.05, 0.1) is 25.2 Å². The number of alkyl halides is 3. The topological polar surface area (TPSA) is 101 Å². The van der Waals surface area contributed by atoms with Crippen molar-refractivity contribution in [1.29, 1.82) is 0 Å². The molecular formula is C27H35F3N4O4. The van der Waals surface area contributed by atoms with E-state index in [-0.39, 0.29) is 38.1 Å². The number of hydrogen-bond acceptors (Lipinski definition) is 6. The van der Waals surface area contributed by atoms with Crippen LogP contribution in [-0.4, -0.2) is 78.8 Å². The minimum Gasteiger partial charge on any atom is -0.475 e. The predicted molar refractivity (Wildman–Crippen MR) is 137 cm³/mol. The number of pyridine rings is 1. The number of amides is 2. The van der Waals surface area contributed by atoms with E-state index in [1.165, 1.54) is 4.90 Å². The summed E-state index contributed by atoms with van der Waals surface area (Å²) < 4.78 is 53.3. The molecule has 3 atom stereocenters. The van der Waals surface area contributed by atoms with Crippen LogP contribution in [0.15, 0.2) is 30.3 Å². The number of hydrogen-bond donors (Lipinski definition) is 2. The number of morpholine rings is 1. The number of carbonyl (C=O) groups is 1. The monoisotopic (exact) mass is 536 g/mol. The van der Waals surface area contributed by atoms with Gasteiger partial charge in [-0.25, -0.2) is 4.79 Å². The van der Waals surface area contributed by atoms with Gasteiger partial charge in [0.25, 0.3) is 0 Å². The van der Waals surface area contributed by atoms with E-state index in [9.17, 15) is 23.1 Å². The number of aryl methyl sites for hydroxylation is 1. The molecule has 0 saturated carbocycles. The van der Waals surface area contributed by atoms with Gasteiger partial charge in [0, 0.05) is 37.7 Å². The number of benzene rings is 1. The SMILES string of the molecule is Cc1ccc(C2(CC(F)(F)F)CCN(C(N)=O)C2)c(-c2cc(OC[C@@H](C)O)nc(N3CCO[C@@H](C)C3)c2)c1. The number of rotatable bonds is 7. The van der Waals surface area contributed by atoms with Crippen LogP contribution in [0.1, 0.15) is 37.8 Å². The first-order valence-corrected chi connectivity index (χ1v) is 12.8. The molecule has 2 aliphatic rings. The molecule has 1 aromatic carbocycles. The molecule has 3 heterocycles. The standard InChI is InChI=1S/C27H35F3N4O4/c1-17-4-5-22(26(15-27(28,29)30)6-7-34(16-26)25(31)36)21(10-17)20-11-23(33-8-9-37-19(3)13-33)32-24(12-20)38-14-18(2)35/h4-5,10-12,18-19,35H,6-9,13-16H2,1-3H3,(H2,31,36)/t18-,19+,26?/m1/s1. The van der Waals surface area contributed by atoms with Gasteiger partial charge >= 0.3 is 12.2 Å². The predicted octanol–water partition coefficient (Wildman–Crippen LogP) is 4.02. The summed E-state index contributed by atoms with van der Waals surface area (Å²) >= 11 is 0. The average molecular weight is 537 g/mol. The van der Waals surface area contributed by atoms with E-state index in [0.29, 0.717) is 42.2 Å². The fourth-order valence-electron chi connectivity index (χ4n) is 5.38. The molecule has 8 nitrogen and oxygen atoms in total. The minimum absolute atomic E-state index is 0.0149. The average Bonchev–Trinajstić information content (AvgIpc) is 3.26. The maximum atomic E-state index is 14.0. The number of nitrogens with zero attached hydrogens (tertiary/aromatic N) is 3. The van der Waals surface area contributed by atoms with Gasteiger partial charge in [0.1, 0.15) is 12.4 Å².